The van der Waals surface area contributed by atoms with Crippen molar-refractivity contribution in [1.82, 2.24) is 15.1 Å². The van der Waals surface area contributed by atoms with Gasteiger partial charge in [0.15, 0.2) is 0 Å². The average molecular weight is 269 g/mol. The fourth-order valence-corrected chi connectivity index (χ4v) is 2.29. The highest BCUT2D eigenvalue weighted by Gasteiger charge is 2.32. The minimum absolute atomic E-state index is 0.0126. The van der Waals surface area contributed by atoms with Gasteiger partial charge >= 0.3 is 0 Å². The van der Waals surface area contributed by atoms with Gasteiger partial charge in [0, 0.05) is 12.6 Å². The van der Waals surface area contributed by atoms with E-state index >= 15 is 0 Å². The number of nitrogens with one attached hydrogen (secondary N) is 1. The van der Waals surface area contributed by atoms with Gasteiger partial charge in [-0.05, 0) is 46.7 Å². The van der Waals surface area contributed by atoms with Crippen molar-refractivity contribution in [3.05, 3.63) is 0 Å². The second-order valence-corrected chi connectivity index (χ2v) is 5.51. The largest absolute Gasteiger partial charge is 0.345 e. The van der Waals surface area contributed by atoms with Gasteiger partial charge in [0.25, 0.3) is 0 Å². The summed E-state index contributed by atoms with van der Waals surface area (Å²) in [4.78, 5) is 27.6. The van der Waals surface area contributed by atoms with Crippen LogP contribution in [0.15, 0.2) is 0 Å². The molecule has 0 saturated carbocycles. The molecule has 1 unspecified atom stereocenters. The predicted molar refractivity (Wildman–Crippen MR) is 75.8 cm³/mol. The molecule has 0 spiro atoms. The van der Waals surface area contributed by atoms with E-state index in [1.54, 1.807) is 4.90 Å². The van der Waals surface area contributed by atoms with Gasteiger partial charge in [0.1, 0.15) is 6.04 Å². The molecule has 2 amide bonds. The number of carbonyl (C=O) groups is 2. The molecule has 0 aromatic rings. The normalized spacial score (nSPS) is 20.3. The molecule has 1 rings (SSSR count). The van der Waals surface area contributed by atoms with Crippen LogP contribution in [0.25, 0.3) is 0 Å². The first-order chi connectivity index (χ1) is 8.97. The van der Waals surface area contributed by atoms with Crippen molar-refractivity contribution in [3.8, 4) is 0 Å². The lowest BCUT2D eigenvalue weighted by Gasteiger charge is -2.34. The molecule has 5 nitrogen and oxygen atoms in total. The van der Waals surface area contributed by atoms with E-state index in [1.165, 1.54) is 0 Å². The van der Waals surface area contributed by atoms with Gasteiger partial charge in [-0.3, -0.25) is 9.59 Å². The van der Waals surface area contributed by atoms with Crippen LogP contribution >= 0.6 is 0 Å². The third-order valence-corrected chi connectivity index (χ3v) is 3.84. The molecule has 0 bridgehead atoms. The molecule has 1 N–H and O–H groups in total. The Morgan fingerprint density at radius 3 is 2.63 bits per heavy atom. The number of hydrogen-bond donors (Lipinski definition) is 1. The van der Waals surface area contributed by atoms with Crippen LogP contribution in [-0.4, -0.2) is 60.4 Å². The molecular formula is C14H27N3O2. The second kappa shape index (κ2) is 7.48. The Morgan fingerprint density at radius 2 is 2.05 bits per heavy atom. The lowest BCUT2D eigenvalue weighted by Crippen LogP contribution is -2.58. The van der Waals surface area contributed by atoms with E-state index in [-0.39, 0.29) is 24.4 Å². The Hall–Kier alpha value is -1.10. The molecule has 19 heavy (non-hydrogen) atoms. The van der Waals surface area contributed by atoms with E-state index in [0.717, 1.165) is 19.4 Å². The molecule has 1 fully saturated rings. The highest BCUT2D eigenvalue weighted by Crippen LogP contribution is 2.11. The molecule has 5 heteroatoms. The van der Waals surface area contributed by atoms with Crippen molar-refractivity contribution in [1.29, 1.82) is 0 Å². The van der Waals surface area contributed by atoms with Gasteiger partial charge in [-0.15, -0.1) is 0 Å². The molecule has 0 aromatic heterocycles. The monoisotopic (exact) mass is 269 g/mol. The number of unbranched alkanes of at least 4 members (excludes halogenated alkanes) is 1. The molecule has 0 aromatic carbocycles. The quantitative estimate of drug-likeness (QED) is 0.697. The van der Waals surface area contributed by atoms with Crippen LogP contribution in [0.4, 0.5) is 0 Å². The Labute approximate surface area is 116 Å². The third-order valence-electron chi connectivity index (χ3n) is 3.84. The number of nitrogens with zero attached hydrogens (tertiary/aromatic N) is 2. The van der Waals surface area contributed by atoms with Crippen LogP contribution in [0.2, 0.25) is 0 Å². The van der Waals surface area contributed by atoms with E-state index < -0.39 is 0 Å². The number of amides is 2. The Morgan fingerprint density at radius 1 is 1.37 bits per heavy atom. The van der Waals surface area contributed by atoms with E-state index in [4.69, 9.17) is 0 Å². The highest BCUT2D eigenvalue weighted by molar-refractivity contribution is 5.94. The fourth-order valence-electron chi connectivity index (χ4n) is 2.29. The SMILES string of the molecule is CCC1C(=O)NCC(=O)N1CCCCN(C)C(C)C. The zero-order valence-electron chi connectivity index (χ0n) is 12.6. The third kappa shape index (κ3) is 4.49. The summed E-state index contributed by atoms with van der Waals surface area (Å²) < 4.78 is 0. The molecule has 1 heterocycles. The lowest BCUT2D eigenvalue weighted by atomic mass is 10.1. The van der Waals surface area contributed by atoms with Crippen molar-refractivity contribution < 1.29 is 9.59 Å². The fraction of sp³-hybridized carbons (Fsp3) is 0.857. The molecular weight excluding hydrogens is 242 g/mol. The minimum atomic E-state index is -0.274. The summed E-state index contributed by atoms with van der Waals surface area (Å²) in [5.41, 5.74) is 0. The van der Waals surface area contributed by atoms with E-state index in [1.807, 2.05) is 6.92 Å². The Kier molecular flexibility index (Phi) is 6.28. The predicted octanol–water partition coefficient (Wildman–Crippen LogP) is 0.844. The highest BCUT2D eigenvalue weighted by atomic mass is 16.2. The molecule has 1 aliphatic heterocycles. The minimum Gasteiger partial charge on any atom is -0.345 e. The van der Waals surface area contributed by atoms with Crippen molar-refractivity contribution in [2.75, 3.05) is 26.7 Å². The maximum atomic E-state index is 11.8. The summed E-state index contributed by atoms with van der Waals surface area (Å²) in [6, 6.07) is 0.273. The maximum absolute atomic E-state index is 11.8. The zero-order valence-corrected chi connectivity index (χ0v) is 12.6. The summed E-state index contributed by atoms with van der Waals surface area (Å²) in [5.74, 6) is 0.0325. The Bertz CT molecular complexity index is 318. The first-order valence-corrected chi connectivity index (χ1v) is 7.24. The average Bonchev–Trinajstić information content (AvgIpc) is 2.37. The van der Waals surface area contributed by atoms with E-state index in [0.29, 0.717) is 19.0 Å². The molecule has 110 valence electrons. The van der Waals surface area contributed by atoms with Gasteiger partial charge in [-0.25, -0.2) is 0 Å². The summed E-state index contributed by atoms with van der Waals surface area (Å²) in [6.07, 6.45) is 2.69. The molecule has 1 aliphatic rings. The second-order valence-electron chi connectivity index (χ2n) is 5.51. The molecule has 1 saturated heterocycles. The summed E-state index contributed by atoms with van der Waals surface area (Å²) >= 11 is 0. The van der Waals surface area contributed by atoms with Crippen LogP contribution in [0.1, 0.15) is 40.0 Å². The Balaban J connectivity index is 2.37. The van der Waals surface area contributed by atoms with Crippen LogP contribution in [-0.2, 0) is 9.59 Å². The first kappa shape index (κ1) is 16.0. The van der Waals surface area contributed by atoms with Gasteiger partial charge in [-0.1, -0.05) is 6.92 Å². The smallest absolute Gasteiger partial charge is 0.243 e. The molecule has 1 atom stereocenters. The maximum Gasteiger partial charge on any atom is 0.243 e. The number of hydrogen-bond acceptors (Lipinski definition) is 3. The summed E-state index contributed by atoms with van der Waals surface area (Å²) in [6.45, 7) is 8.17. The van der Waals surface area contributed by atoms with Crippen LogP contribution in [0.5, 0.6) is 0 Å². The summed E-state index contributed by atoms with van der Waals surface area (Å²) in [7, 11) is 2.11. The van der Waals surface area contributed by atoms with Crippen LogP contribution < -0.4 is 5.32 Å². The van der Waals surface area contributed by atoms with Crippen molar-refractivity contribution >= 4 is 11.8 Å². The van der Waals surface area contributed by atoms with Crippen molar-refractivity contribution in [2.45, 2.75) is 52.1 Å². The molecule has 0 aliphatic carbocycles. The van der Waals surface area contributed by atoms with Crippen molar-refractivity contribution in [3.63, 3.8) is 0 Å². The van der Waals surface area contributed by atoms with Gasteiger partial charge in [0.2, 0.25) is 11.8 Å². The number of piperazine rings is 1. The molecule has 0 radical (unpaired) electrons. The van der Waals surface area contributed by atoms with Crippen LogP contribution in [0.3, 0.4) is 0 Å². The van der Waals surface area contributed by atoms with Gasteiger partial charge in [0.05, 0.1) is 6.54 Å². The van der Waals surface area contributed by atoms with Crippen molar-refractivity contribution in [2.24, 2.45) is 0 Å². The van der Waals surface area contributed by atoms with E-state index in [9.17, 15) is 9.59 Å². The number of carbonyl (C=O) groups excluding carboxylic acids is 2. The zero-order chi connectivity index (χ0) is 14.4. The standard InChI is InChI=1S/C14H27N3O2/c1-5-12-14(19)15-10-13(18)17(12)9-7-6-8-16(4)11(2)3/h11-12H,5-10H2,1-4H3,(H,15,19). The van der Waals surface area contributed by atoms with Gasteiger partial charge in [-0.2, -0.15) is 0 Å². The first-order valence-electron chi connectivity index (χ1n) is 7.24. The van der Waals surface area contributed by atoms with Gasteiger partial charge < -0.3 is 15.1 Å². The van der Waals surface area contributed by atoms with Crippen LogP contribution in [0, 0.1) is 0 Å². The summed E-state index contributed by atoms with van der Waals surface area (Å²) in [5, 5.41) is 2.65. The van der Waals surface area contributed by atoms with E-state index in [2.05, 4.69) is 31.1 Å². The lowest BCUT2D eigenvalue weighted by molar-refractivity contribution is -0.145. The topological polar surface area (TPSA) is 52.7 Å². The number of rotatable bonds is 7.